The molecule has 1 unspecified atom stereocenters. The number of carboxylic acid groups (broad SMARTS) is 1. The Morgan fingerprint density at radius 3 is 2.55 bits per heavy atom. The highest BCUT2D eigenvalue weighted by molar-refractivity contribution is 5.85. The average molecular weight is 281 g/mol. The lowest BCUT2D eigenvalue weighted by molar-refractivity contribution is -0.135. The van der Waals surface area contributed by atoms with E-state index in [9.17, 15) is 14.0 Å². The topological polar surface area (TPSA) is 66.8 Å². The van der Waals surface area contributed by atoms with Crippen LogP contribution in [0, 0.1) is 5.82 Å². The zero-order valence-corrected chi connectivity index (χ0v) is 11.5. The van der Waals surface area contributed by atoms with Crippen LogP contribution in [0.15, 0.2) is 24.3 Å². The first-order valence-electron chi connectivity index (χ1n) is 5.89. The van der Waals surface area contributed by atoms with Gasteiger partial charge in [-0.05, 0) is 30.7 Å². The normalized spacial score (nSPS) is 12.2. The van der Waals surface area contributed by atoms with Gasteiger partial charge in [-0.25, -0.2) is 9.18 Å². The van der Waals surface area contributed by atoms with Crippen molar-refractivity contribution in [3.63, 3.8) is 0 Å². The number of amides is 1. The van der Waals surface area contributed by atoms with Crippen molar-refractivity contribution in [2.45, 2.75) is 13.0 Å². The molecule has 1 N–H and O–H groups in total. The van der Waals surface area contributed by atoms with Gasteiger partial charge in [0.25, 0.3) is 5.91 Å². The molecule has 0 aliphatic rings. The highest BCUT2D eigenvalue weighted by Crippen LogP contribution is 2.20. The molecule has 0 spiro atoms. The summed E-state index contributed by atoms with van der Waals surface area (Å²) in [5.74, 6) is -2.11. The van der Waals surface area contributed by atoms with E-state index in [1.807, 2.05) is 0 Å². The van der Waals surface area contributed by atoms with E-state index in [0.717, 1.165) is 12.1 Å². The van der Waals surface area contributed by atoms with Crippen LogP contribution >= 0.6 is 0 Å². The molecule has 1 amide bonds. The summed E-state index contributed by atoms with van der Waals surface area (Å²) in [7, 11) is 3.16. The average Bonchev–Trinajstić information content (AvgIpc) is 2.37. The Morgan fingerprint density at radius 1 is 1.40 bits per heavy atom. The molecule has 1 aromatic carbocycles. The van der Waals surface area contributed by atoms with E-state index in [4.69, 9.17) is 9.84 Å². The Morgan fingerprint density at radius 2 is 2.05 bits per heavy atom. The fourth-order valence-electron chi connectivity index (χ4n) is 1.49. The van der Waals surface area contributed by atoms with Gasteiger partial charge in [-0.2, -0.15) is 0 Å². The Kier molecular flexibility index (Phi) is 5.25. The number of likely N-dealkylation sites (N-methyl/N-ethyl adjacent to an activating group) is 1. The van der Waals surface area contributed by atoms with Crippen molar-refractivity contribution < 1.29 is 23.8 Å². The minimum Gasteiger partial charge on any atom is -0.478 e. The van der Waals surface area contributed by atoms with E-state index in [2.05, 4.69) is 0 Å². The summed E-state index contributed by atoms with van der Waals surface area (Å²) >= 11 is 0. The molecule has 0 aromatic heterocycles. The first kappa shape index (κ1) is 15.7. The van der Waals surface area contributed by atoms with E-state index in [1.165, 1.54) is 30.0 Å². The minimum absolute atomic E-state index is 0.0554. The second-order valence-corrected chi connectivity index (χ2v) is 4.35. The third kappa shape index (κ3) is 4.38. The van der Waals surface area contributed by atoms with E-state index in [1.54, 1.807) is 14.1 Å². The zero-order chi connectivity index (χ0) is 15.3. The summed E-state index contributed by atoms with van der Waals surface area (Å²) in [5.41, 5.74) is 0.392. The molecule has 108 valence electrons. The quantitative estimate of drug-likeness (QED) is 0.835. The smallest absolute Gasteiger partial charge is 0.328 e. The molecule has 1 rings (SSSR count). The zero-order valence-electron chi connectivity index (χ0n) is 11.5. The fraction of sp³-hybridized carbons (Fsp3) is 0.286. The van der Waals surface area contributed by atoms with Gasteiger partial charge in [0.05, 0.1) is 0 Å². The van der Waals surface area contributed by atoms with Gasteiger partial charge in [0, 0.05) is 20.2 Å². The van der Waals surface area contributed by atoms with Crippen LogP contribution < -0.4 is 4.74 Å². The highest BCUT2D eigenvalue weighted by Gasteiger charge is 2.18. The van der Waals surface area contributed by atoms with Crippen LogP contribution in [0.2, 0.25) is 0 Å². The van der Waals surface area contributed by atoms with Crippen LogP contribution in [0.5, 0.6) is 5.75 Å². The lowest BCUT2D eigenvalue weighted by atomic mass is 10.2. The number of rotatable bonds is 5. The number of aliphatic carboxylic acids is 1. The van der Waals surface area contributed by atoms with E-state index in [-0.39, 0.29) is 11.7 Å². The number of nitrogens with zero attached hydrogens (tertiary/aromatic N) is 1. The van der Waals surface area contributed by atoms with Crippen LogP contribution in [0.3, 0.4) is 0 Å². The number of carboxylic acids is 1. The highest BCUT2D eigenvalue weighted by atomic mass is 19.1. The number of hydrogen-bond acceptors (Lipinski definition) is 3. The molecular weight excluding hydrogens is 265 g/mol. The van der Waals surface area contributed by atoms with Gasteiger partial charge in [0.1, 0.15) is 0 Å². The van der Waals surface area contributed by atoms with Crippen LogP contribution in [0.4, 0.5) is 4.39 Å². The number of carbonyl (C=O) groups excluding carboxylic acids is 1. The van der Waals surface area contributed by atoms with Crippen LogP contribution in [0.25, 0.3) is 6.08 Å². The van der Waals surface area contributed by atoms with Gasteiger partial charge in [-0.1, -0.05) is 6.07 Å². The van der Waals surface area contributed by atoms with E-state index >= 15 is 0 Å². The third-order valence-corrected chi connectivity index (χ3v) is 2.47. The lowest BCUT2D eigenvalue weighted by Gasteiger charge is -2.18. The van der Waals surface area contributed by atoms with Crippen molar-refractivity contribution in [1.82, 2.24) is 4.90 Å². The molecule has 1 atom stereocenters. The molecule has 0 aliphatic carbocycles. The summed E-state index contributed by atoms with van der Waals surface area (Å²) in [4.78, 5) is 23.3. The molecule has 0 fully saturated rings. The van der Waals surface area contributed by atoms with Crippen molar-refractivity contribution in [3.8, 4) is 5.75 Å². The number of benzene rings is 1. The van der Waals surface area contributed by atoms with E-state index < -0.39 is 17.9 Å². The van der Waals surface area contributed by atoms with Crippen LogP contribution in [-0.4, -0.2) is 42.1 Å². The second kappa shape index (κ2) is 6.70. The summed E-state index contributed by atoms with van der Waals surface area (Å²) < 4.78 is 19.0. The maximum atomic E-state index is 13.8. The molecular formula is C14H16FNO4. The Bertz CT molecular complexity index is 540. The lowest BCUT2D eigenvalue weighted by Crippen LogP contribution is -2.35. The summed E-state index contributed by atoms with van der Waals surface area (Å²) in [6.45, 7) is 1.53. The summed E-state index contributed by atoms with van der Waals surface area (Å²) in [6.07, 6.45) is 1.37. The van der Waals surface area contributed by atoms with Crippen molar-refractivity contribution in [3.05, 3.63) is 35.7 Å². The number of ether oxygens (including phenoxy) is 1. The number of carbonyl (C=O) groups is 2. The molecule has 0 heterocycles. The largest absolute Gasteiger partial charge is 0.478 e. The van der Waals surface area contributed by atoms with Gasteiger partial charge < -0.3 is 14.7 Å². The van der Waals surface area contributed by atoms with E-state index in [0.29, 0.717) is 5.56 Å². The molecule has 0 bridgehead atoms. The SMILES string of the molecule is CC(Oc1ccc(/C=C/C(=O)O)cc1F)C(=O)N(C)C. The fourth-order valence-corrected chi connectivity index (χ4v) is 1.49. The molecule has 0 aliphatic heterocycles. The molecule has 0 saturated carbocycles. The van der Waals surface area contributed by atoms with Crippen molar-refractivity contribution in [2.24, 2.45) is 0 Å². The van der Waals surface area contributed by atoms with Gasteiger partial charge in [-0.15, -0.1) is 0 Å². The van der Waals surface area contributed by atoms with Crippen molar-refractivity contribution in [1.29, 1.82) is 0 Å². The molecule has 0 saturated heterocycles. The van der Waals surface area contributed by atoms with Crippen molar-refractivity contribution >= 4 is 18.0 Å². The van der Waals surface area contributed by atoms with Gasteiger partial charge in [-0.3, -0.25) is 4.79 Å². The minimum atomic E-state index is -1.11. The summed E-state index contributed by atoms with van der Waals surface area (Å²) in [6, 6.07) is 4.00. The summed E-state index contributed by atoms with van der Waals surface area (Å²) in [5, 5.41) is 8.48. The van der Waals surface area contributed by atoms with Crippen LogP contribution in [0.1, 0.15) is 12.5 Å². The standard InChI is InChI=1S/C14H16FNO4/c1-9(14(19)16(2)3)20-12-6-4-10(8-11(12)15)5-7-13(17)18/h4-9H,1-3H3,(H,17,18)/b7-5+. The molecule has 5 nitrogen and oxygen atoms in total. The number of hydrogen-bond donors (Lipinski definition) is 1. The predicted molar refractivity (Wildman–Crippen MR) is 71.9 cm³/mol. The maximum Gasteiger partial charge on any atom is 0.328 e. The second-order valence-electron chi connectivity index (χ2n) is 4.35. The number of halogens is 1. The Balaban J connectivity index is 2.83. The predicted octanol–water partition coefficient (Wildman–Crippen LogP) is 1.78. The van der Waals surface area contributed by atoms with Gasteiger partial charge in [0.2, 0.25) is 0 Å². The third-order valence-electron chi connectivity index (χ3n) is 2.47. The maximum absolute atomic E-state index is 13.8. The van der Waals surface area contributed by atoms with Gasteiger partial charge >= 0.3 is 5.97 Å². The molecule has 20 heavy (non-hydrogen) atoms. The first-order valence-corrected chi connectivity index (χ1v) is 5.89. The Labute approximate surface area is 116 Å². The molecule has 1 aromatic rings. The Hall–Kier alpha value is -2.37. The molecule has 6 heteroatoms. The monoisotopic (exact) mass is 281 g/mol. The van der Waals surface area contributed by atoms with Crippen LogP contribution in [-0.2, 0) is 9.59 Å². The van der Waals surface area contributed by atoms with Gasteiger partial charge in [0.15, 0.2) is 17.7 Å². The van der Waals surface area contributed by atoms with Crippen molar-refractivity contribution in [2.75, 3.05) is 14.1 Å². The molecule has 0 radical (unpaired) electrons. The first-order chi connectivity index (χ1) is 9.31.